The summed E-state index contributed by atoms with van der Waals surface area (Å²) in [5, 5.41) is 3.62. The molecule has 0 saturated carbocycles. The summed E-state index contributed by atoms with van der Waals surface area (Å²) >= 11 is 1.56. The molecule has 12 heteroatoms. The van der Waals surface area contributed by atoms with Crippen LogP contribution in [0.5, 0.6) is 11.6 Å². The highest BCUT2D eigenvalue weighted by atomic mass is 32.1. The van der Waals surface area contributed by atoms with Crippen molar-refractivity contribution in [1.82, 2.24) is 19.9 Å². The van der Waals surface area contributed by atoms with E-state index in [1.54, 1.807) is 43.0 Å². The van der Waals surface area contributed by atoms with Crippen LogP contribution in [0, 0.1) is 13.8 Å². The number of benzene rings is 2. The second-order valence-corrected chi connectivity index (χ2v) is 18.2. The minimum absolute atomic E-state index is 0.0951. The minimum Gasteiger partial charge on any atom is -0.490 e. The Bertz CT molecular complexity index is 1850. The van der Waals surface area contributed by atoms with Crippen LogP contribution in [-0.2, 0) is 15.8 Å². The van der Waals surface area contributed by atoms with Gasteiger partial charge in [0.2, 0.25) is 5.88 Å². The molecule has 0 aliphatic heterocycles. The lowest BCUT2D eigenvalue weighted by Gasteiger charge is -2.36. The van der Waals surface area contributed by atoms with Crippen molar-refractivity contribution in [3.8, 4) is 22.2 Å². The van der Waals surface area contributed by atoms with Crippen LogP contribution in [0.25, 0.3) is 31.8 Å². The third-order valence-electron chi connectivity index (χ3n) is 7.92. The van der Waals surface area contributed by atoms with Crippen LogP contribution in [-0.4, -0.2) is 54.7 Å². The number of nitrogens with one attached hydrogen (secondary N) is 1. The molecule has 45 heavy (non-hydrogen) atoms. The molecule has 236 valence electrons. The number of nitrogens with zero attached hydrogens (tertiary/aromatic N) is 4. The normalized spacial score (nSPS) is 12.0. The van der Waals surface area contributed by atoms with E-state index >= 15 is 0 Å². The molecule has 0 aliphatic rings. The van der Waals surface area contributed by atoms with Crippen molar-refractivity contribution in [3.05, 3.63) is 65.6 Å². The fourth-order valence-electron chi connectivity index (χ4n) is 4.43. The van der Waals surface area contributed by atoms with E-state index in [-0.39, 0.29) is 18.3 Å². The number of methoxy groups -OCH3 is 1. The summed E-state index contributed by atoms with van der Waals surface area (Å²) in [6.45, 7) is 15.8. The highest BCUT2D eigenvalue weighted by Gasteiger charge is 2.37. The van der Waals surface area contributed by atoms with Crippen molar-refractivity contribution in [2.45, 2.75) is 59.4 Å². The van der Waals surface area contributed by atoms with E-state index in [0.29, 0.717) is 23.9 Å². The highest BCUT2D eigenvalue weighted by Crippen LogP contribution is 2.39. The number of pyridine rings is 1. The quantitative estimate of drug-likeness (QED) is 0.119. The molecule has 1 amide bonds. The van der Waals surface area contributed by atoms with Gasteiger partial charge >= 0.3 is 6.09 Å². The maximum Gasteiger partial charge on any atom is 0.411 e. The van der Waals surface area contributed by atoms with E-state index in [1.807, 2.05) is 32.0 Å². The first-order chi connectivity index (χ1) is 21.3. The zero-order valence-corrected chi connectivity index (χ0v) is 28.8. The molecule has 3 aromatic heterocycles. The van der Waals surface area contributed by atoms with Gasteiger partial charge in [0.15, 0.2) is 8.32 Å². The van der Waals surface area contributed by atoms with Gasteiger partial charge in [0, 0.05) is 23.1 Å². The third-order valence-corrected chi connectivity index (χ3v) is 13.4. The van der Waals surface area contributed by atoms with Crippen LogP contribution in [0.2, 0.25) is 18.1 Å². The van der Waals surface area contributed by atoms with E-state index < -0.39 is 14.4 Å². The summed E-state index contributed by atoms with van der Waals surface area (Å²) in [6.07, 6.45) is 2.71. The number of anilines is 1. The predicted octanol–water partition coefficient (Wildman–Crippen LogP) is 8.08. The summed E-state index contributed by atoms with van der Waals surface area (Å²) in [7, 11) is -0.387. The summed E-state index contributed by atoms with van der Waals surface area (Å²) in [6, 6.07) is 11.5. The summed E-state index contributed by atoms with van der Waals surface area (Å²) < 4.78 is 24.1. The standard InChI is InChI=1S/C33H39N5O5SSi/c1-20-13-24(41-11-12-42-32(39)36-23-9-10-34-21(2)14-23)17-27-29(20)38-31(44-27)25-15-22(19-43-45(7,8)33(3,4)5)16-26-30(25)35-18-28(37-26)40-6/h9-10,13-18H,11-12,19H2,1-8H3,(H,34,36,39). The molecule has 0 bridgehead atoms. The Balaban J connectivity index is 1.35. The molecule has 0 atom stereocenters. The lowest BCUT2D eigenvalue weighted by Crippen LogP contribution is -2.40. The monoisotopic (exact) mass is 645 g/mol. The molecule has 3 heterocycles. The number of thiazole rings is 1. The van der Waals surface area contributed by atoms with Crippen LogP contribution in [0.1, 0.15) is 37.6 Å². The van der Waals surface area contributed by atoms with Gasteiger partial charge in [-0.1, -0.05) is 20.8 Å². The lowest BCUT2D eigenvalue weighted by atomic mass is 10.1. The molecule has 0 spiro atoms. The van der Waals surface area contributed by atoms with E-state index in [1.165, 1.54) is 0 Å². The SMILES string of the molecule is COc1cnc2c(-c3nc4c(C)cc(OCCOC(=O)Nc5ccnc(C)c5)cc4s3)cc(CO[Si](C)(C)C(C)(C)C)cc2n1. The molecule has 2 aromatic carbocycles. The van der Waals surface area contributed by atoms with E-state index in [0.717, 1.165) is 48.6 Å². The Labute approximate surface area is 268 Å². The van der Waals surface area contributed by atoms with Gasteiger partial charge in [-0.05, 0) is 79.5 Å². The molecule has 5 rings (SSSR count). The number of carbonyl (C=O) groups is 1. The molecule has 0 fully saturated rings. The maximum absolute atomic E-state index is 12.1. The number of carbonyl (C=O) groups excluding carboxylic acids is 1. The van der Waals surface area contributed by atoms with Crippen molar-refractivity contribution < 1.29 is 23.4 Å². The largest absolute Gasteiger partial charge is 0.490 e. The van der Waals surface area contributed by atoms with Crippen molar-refractivity contribution in [2.75, 3.05) is 25.6 Å². The number of aromatic nitrogens is 4. The molecule has 5 aromatic rings. The first kappa shape index (κ1) is 32.3. The van der Waals surface area contributed by atoms with Crippen LogP contribution in [0.4, 0.5) is 10.5 Å². The fraction of sp³-hybridized carbons (Fsp3) is 0.364. The van der Waals surface area contributed by atoms with Gasteiger partial charge in [-0.25, -0.2) is 19.7 Å². The molecular weight excluding hydrogens is 607 g/mol. The van der Waals surface area contributed by atoms with Gasteiger partial charge in [0.05, 0.1) is 41.2 Å². The second kappa shape index (κ2) is 13.1. The van der Waals surface area contributed by atoms with Crippen molar-refractivity contribution >= 4 is 52.7 Å². The minimum atomic E-state index is -1.97. The zero-order valence-electron chi connectivity index (χ0n) is 27.0. The van der Waals surface area contributed by atoms with Gasteiger partial charge in [-0.2, -0.15) is 0 Å². The van der Waals surface area contributed by atoms with Gasteiger partial charge in [0.1, 0.15) is 24.0 Å². The summed E-state index contributed by atoms with van der Waals surface area (Å²) in [5.74, 6) is 1.13. The fourth-order valence-corrected chi connectivity index (χ4v) is 6.47. The molecule has 0 aliphatic carbocycles. The Morgan fingerprint density at radius 2 is 1.80 bits per heavy atom. The van der Waals surface area contributed by atoms with E-state index in [9.17, 15) is 4.79 Å². The van der Waals surface area contributed by atoms with Crippen LogP contribution < -0.4 is 14.8 Å². The summed E-state index contributed by atoms with van der Waals surface area (Å²) in [5.41, 5.74) is 6.67. The molecular formula is C33H39N5O5SSi. The highest BCUT2D eigenvalue weighted by molar-refractivity contribution is 7.21. The summed E-state index contributed by atoms with van der Waals surface area (Å²) in [4.78, 5) is 30.7. The Hall–Kier alpha value is -4.13. The topological polar surface area (TPSA) is 118 Å². The first-order valence-electron chi connectivity index (χ1n) is 14.7. The molecule has 0 radical (unpaired) electrons. The van der Waals surface area contributed by atoms with E-state index in [2.05, 4.69) is 55.2 Å². The van der Waals surface area contributed by atoms with Crippen LogP contribution >= 0.6 is 11.3 Å². The Kier molecular flexibility index (Phi) is 9.38. The number of ether oxygens (including phenoxy) is 3. The van der Waals surface area contributed by atoms with Gasteiger partial charge < -0.3 is 18.6 Å². The smallest absolute Gasteiger partial charge is 0.411 e. The van der Waals surface area contributed by atoms with E-state index in [4.69, 9.17) is 28.6 Å². The maximum atomic E-state index is 12.1. The molecule has 0 saturated heterocycles. The van der Waals surface area contributed by atoms with Crippen LogP contribution in [0.3, 0.4) is 0 Å². The number of rotatable bonds is 10. The van der Waals surface area contributed by atoms with Crippen LogP contribution in [0.15, 0.2) is 48.8 Å². The average Bonchev–Trinajstić information content (AvgIpc) is 3.42. The lowest BCUT2D eigenvalue weighted by molar-refractivity contribution is 0.138. The van der Waals surface area contributed by atoms with Gasteiger partial charge in [0.25, 0.3) is 0 Å². The van der Waals surface area contributed by atoms with Gasteiger partial charge in [-0.3, -0.25) is 10.3 Å². The molecule has 1 N–H and O–H groups in total. The average molecular weight is 646 g/mol. The molecule has 10 nitrogen and oxygen atoms in total. The predicted molar refractivity (Wildman–Crippen MR) is 181 cm³/mol. The Morgan fingerprint density at radius 1 is 1.00 bits per heavy atom. The number of fused-ring (bicyclic) bond motifs is 2. The first-order valence-corrected chi connectivity index (χ1v) is 18.4. The Morgan fingerprint density at radius 3 is 2.53 bits per heavy atom. The number of aryl methyl sites for hydroxylation is 2. The number of hydrogen-bond acceptors (Lipinski definition) is 10. The second-order valence-electron chi connectivity index (χ2n) is 12.4. The zero-order chi connectivity index (χ0) is 32.4. The van der Waals surface area contributed by atoms with Crippen molar-refractivity contribution in [3.63, 3.8) is 0 Å². The number of amides is 1. The number of hydrogen-bond donors (Lipinski definition) is 1. The third kappa shape index (κ3) is 7.58. The van der Waals surface area contributed by atoms with Crippen molar-refractivity contribution in [2.24, 2.45) is 0 Å². The molecule has 0 unspecified atom stereocenters. The van der Waals surface area contributed by atoms with Gasteiger partial charge in [-0.15, -0.1) is 11.3 Å². The van der Waals surface area contributed by atoms with Crippen molar-refractivity contribution in [1.29, 1.82) is 0 Å².